The molecule has 112 valence electrons. The van der Waals surface area contributed by atoms with Crippen molar-refractivity contribution in [1.82, 2.24) is 4.90 Å². The summed E-state index contributed by atoms with van der Waals surface area (Å²) in [7, 11) is 0. The number of carbonyl (C=O) groups excluding carboxylic acids is 2. The molecular weight excluding hydrogens is 266 g/mol. The highest BCUT2D eigenvalue weighted by Gasteiger charge is 2.79. The molecule has 21 heavy (non-hydrogen) atoms. The van der Waals surface area contributed by atoms with Gasteiger partial charge in [-0.25, -0.2) is 0 Å². The SMILES string of the molecule is CCN(CC)C(=O)[C@@]12C[C@]1(CC)c1ccccc1OC2=O. The zero-order valence-electron chi connectivity index (χ0n) is 12.8. The van der Waals surface area contributed by atoms with Crippen LogP contribution < -0.4 is 4.74 Å². The molecule has 2 atom stereocenters. The Morgan fingerprint density at radius 1 is 1.24 bits per heavy atom. The lowest BCUT2D eigenvalue weighted by molar-refractivity contribution is -0.154. The first-order valence-electron chi connectivity index (χ1n) is 7.68. The van der Waals surface area contributed by atoms with E-state index in [9.17, 15) is 9.59 Å². The van der Waals surface area contributed by atoms with Crippen LogP contribution in [0.15, 0.2) is 24.3 Å². The fourth-order valence-electron chi connectivity index (χ4n) is 3.90. The molecule has 0 radical (unpaired) electrons. The van der Waals surface area contributed by atoms with E-state index < -0.39 is 5.41 Å². The lowest BCUT2D eigenvalue weighted by Gasteiger charge is -2.32. The second kappa shape index (κ2) is 4.58. The quantitative estimate of drug-likeness (QED) is 0.485. The molecule has 0 saturated heterocycles. The largest absolute Gasteiger partial charge is 0.425 e. The third-order valence-corrected chi connectivity index (χ3v) is 5.23. The van der Waals surface area contributed by atoms with Gasteiger partial charge in [-0.05, 0) is 32.8 Å². The molecule has 1 aromatic carbocycles. The van der Waals surface area contributed by atoms with Gasteiger partial charge in [-0.3, -0.25) is 9.59 Å². The van der Waals surface area contributed by atoms with Crippen LogP contribution in [0.4, 0.5) is 0 Å². The number of ether oxygens (including phenoxy) is 1. The van der Waals surface area contributed by atoms with Gasteiger partial charge in [-0.15, -0.1) is 0 Å². The lowest BCUT2D eigenvalue weighted by atomic mass is 9.80. The molecule has 1 amide bonds. The van der Waals surface area contributed by atoms with Crippen molar-refractivity contribution in [1.29, 1.82) is 0 Å². The molecule has 1 aliphatic carbocycles. The second-order valence-corrected chi connectivity index (χ2v) is 5.88. The van der Waals surface area contributed by atoms with Crippen LogP contribution in [-0.2, 0) is 15.0 Å². The van der Waals surface area contributed by atoms with E-state index in [0.29, 0.717) is 25.3 Å². The summed E-state index contributed by atoms with van der Waals surface area (Å²) in [5.74, 6) is 0.165. The van der Waals surface area contributed by atoms with E-state index in [1.54, 1.807) is 4.90 Å². The van der Waals surface area contributed by atoms with Crippen molar-refractivity contribution in [3.05, 3.63) is 29.8 Å². The first-order chi connectivity index (χ1) is 10.1. The highest BCUT2D eigenvalue weighted by Crippen LogP contribution is 2.71. The normalized spacial score (nSPS) is 29.2. The van der Waals surface area contributed by atoms with Gasteiger partial charge in [0, 0.05) is 24.1 Å². The van der Waals surface area contributed by atoms with E-state index in [1.807, 2.05) is 45.0 Å². The van der Waals surface area contributed by atoms with Crippen LogP contribution in [0.2, 0.25) is 0 Å². The Kier molecular flexibility index (Phi) is 3.08. The van der Waals surface area contributed by atoms with Crippen molar-refractivity contribution in [2.24, 2.45) is 5.41 Å². The summed E-state index contributed by atoms with van der Waals surface area (Å²) < 4.78 is 5.49. The minimum Gasteiger partial charge on any atom is -0.425 e. The average Bonchev–Trinajstić information content (AvgIpc) is 3.21. The molecule has 3 rings (SSSR count). The summed E-state index contributed by atoms with van der Waals surface area (Å²) in [6, 6.07) is 7.61. The van der Waals surface area contributed by atoms with Crippen LogP contribution in [0, 0.1) is 5.41 Å². The number of carbonyl (C=O) groups is 2. The summed E-state index contributed by atoms with van der Waals surface area (Å²) in [4.78, 5) is 27.3. The van der Waals surface area contributed by atoms with Crippen LogP contribution in [0.25, 0.3) is 0 Å². The van der Waals surface area contributed by atoms with Crippen molar-refractivity contribution in [3.8, 4) is 5.75 Å². The summed E-state index contributed by atoms with van der Waals surface area (Å²) in [5.41, 5.74) is -0.367. The maximum Gasteiger partial charge on any atom is 0.328 e. The van der Waals surface area contributed by atoms with Gasteiger partial charge in [0.05, 0.1) is 0 Å². The fraction of sp³-hybridized carbons (Fsp3) is 0.529. The molecule has 0 unspecified atom stereocenters. The zero-order chi connectivity index (χ0) is 15.3. The number of rotatable bonds is 4. The molecule has 4 heteroatoms. The summed E-state index contributed by atoms with van der Waals surface area (Å²) >= 11 is 0. The number of esters is 1. The van der Waals surface area contributed by atoms with Crippen LogP contribution >= 0.6 is 0 Å². The number of nitrogens with zero attached hydrogens (tertiary/aromatic N) is 1. The summed E-state index contributed by atoms with van der Waals surface area (Å²) in [6.07, 6.45) is 1.34. The number of benzene rings is 1. The maximum absolute atomic E-state index is 12.9. The maximum atomic E-state index is 12.9. The van der Waals surface area contributed by atoms with Crippen molar-refractivity contribution >= 4 is 11.9 Å². The Labute approximate surface area is 125 Å². The van der Waals surface area contributed by atoms with Crippen molar-refractivity contribution in [3.63, 3.8) is 0 Å². The second-order valence-electron chi connectivity index (χ2n) is 5.88. The van der Waals surface area contributed by atoms with Crippen molar-refractivity contribution in [2.75, 3.05) is 13.1 Å². The predicted molar refractivity (Wildman–Crippen MR) is 79.0 cm³/mol. The molecule has 0 spiro atoms. The van der Waals surface area contributed by atoms with Gasteiger partial charge < -0.3 is 9.64 Å². The molecule has 2 aliphatic rings. The fourth-order valence-corrected chi connectivity index (χ4v) is 3.90. The van der Waals surface area contributed by atoms with Crippen LogP contribution in [0.1, 0.15) is 39.2 Å². The number of amides is 1. The average molecular weight is 287 g/mol. The van der Waals surface area contributed by atoms with E-state index in [1.165, 1.54) is 0 Å². The van der Waals surface area contributed by atoms with Gasteiger partial charge in [0.2, 0.25) is 5.91 Å². The minimum absolute atomic E-state index is 0.0751. The van der Waals surface area contributed by atoms with E-state index >= 15 is 0 Å². The standard InChI is InChI=1S/C17H21NO3/c1-4-16-11-17(16,14(19)18(5-2)6-3)15(20)21-13-10-8-7-9-12(13)16/h7-10H,4-6,11H2,1-3H3/t16-,17-/m1/s1. The van der Waals surface area contributed by atoms with Gasteiger partial charge in [0.1, 0.15) is 5.75 Å². The number of para-hydroxylation sites is 1. The smallest absolute Gasteiger partial charge is 0.328 e. The molecule has 1 fully saturated rings. The molecule has 1 aliphatic heterocycles. The van der Waals surface area contributed by atoms with Gasteiger partial charge in [-0.1, -0.05) is 25.1 Å². The van der Waals surface area contributed by atoms with E-state index in [4.69, 9.17) is 4.74 Å². The molecule has 1 aromatic rings. The van der Waals surface area contributed by atoms with Gasteiger partial charge in [-0.2, -0.15) is 0 Å². The number of hydrogen-bond donors (Lipinski definition) is 0. The Morgan fingerprint density at radius 2 is 1.90 bits per heavy atom. The molecular formula is C17H21NO3. The highest BCUT2D eigenvalue weighted by molar-refractivity contribution is 6.11. The molecule has 0 aromatic heterocycles. The monoisotopic (exact) mass is 287 g/mol. The van der Waals surface area contributed by atoms with Gasteiger partial charge in [0.15, 0.2) is 5.41 Å². The predicted octanol–water partition coefficient (Wildman–Crippen LogP) is 2.51. The Bertz CT molecular complexity index is 608. The molecule has 1 heterocycles. The van der Waals surface area contributed by atoms with E-state index in [2.05, 4.69) is 0 Å². The topological polar surface area (TPSA) is 46.6 Å². The van der Waals surface area contributed by atoms with E-state index in [0.717, 1.165) is 12.0 Å². The molecule has 0 bridgehead atoms. The number of hydrogen-bond acceptors (Lipinski definition) is 3. The Hall–Kier alpha value is -1.84. The molecule has 0 N–H and O–H groups in total. The summed E-state index contributed by atoms with van der Waals surface area (Å²) in [5, 5.41) is 0. The summed E-state index contributed by atoms with van der Waals surface area (Å²) in [6.45, 7) is 7.16. The molecule has 1 saturated carbocycles. The minimum atomic E-state index is -0.998. The van der Waals surface area contributed by atoms with Crippen molar-refractivity contribution < 1.29 is 14.3 Å². The van der Waals surface area contributed by atoms with Crippen LogP contribution in [0.3, 0.4) is 0 Å². The van der Waals surface area contributed by atoms with Crippen LogP contribution in [0.5, 0.6) is 5.75 Å². The lowest BCUT2D eigenvalue weighted by Crippen LogP contribution is -2.48. The van der Waals surface area contributed by atoms with Crippen molar-refractivity contribution in [2.45, 2.75) is 39.0 Å². The Balaban J connectivity index is 2.10. The number of fused-ring (bicyclic) bond motifs is 3. The van der Waals surface area contributed by atoms with E-state index in [-0.39, 0.29) is 17.3 Å². The third-order valence-electron chi connectivity index (χ3n) is 5.23. The third kappa shape index (κ3) is 1.56. The van der Waals surface area contributed by atoms with Gasteiger partial charge >= 0.3 is 5.97 Å². The zero-order valence-corrected chi connectivity index (χ0v) is 12.8. The first kappa shape index (κ1) is 14.1. The van der Waals surface area contributed by atoms with Crippen LogP contribution in [-0.4, -0.2) is 29.9 Å². The van der Waals surface area contributed by atoms with Gasteiger partial charge in [0.25, 0.3) is 0 Å². The Morgan fingerprint density at radius 3 is 2.52 bits per heavy atom. The molecule has 4 nitrogen and oxygen atoms in total. The first-order valence-corrected chi connectivity index (χ1v) is 7.68. The highest BCUT2D eigenvalue weighted by atomic mass is 16.5.